The van der Waals surface area contributed by atoms with Crippen LogP contribution in [-0.2, 0) is 9.53 Å². The average molecular weight is 357 g/mol. The van der Waals surface area contributed by atoms with Crippen LogP contribution in [-0.4, -0.2) is 31.2 Å². The van der Waals surface area contributed by atoms with Crippen LogP contribution in [0.2, 0.25) is 0 Å². The molecule has 0 saturated heterocycles. The van der Waals surface area contributed by atoms with E-state index in [2.05, 4.69) is 5.32 Å². The van der Waals surface area contributed by atoms with Gasteiger partial charge in [0.2, 0.25) is 0 Å². The molecule has 0 aliphatic heterocycles. The maximum absolute atomic E-state index is 12.0. The molecule has 0 unspecified atom stereocenters. The number of carbonyl (C=O) groups excluding carboxylic acids is 2. The van der Waals surface area contributed by atoms with Crippen LogP contribution < -0.4 is 14.8 Å². The van der Waals surface area contributed by atoms with Gasteiger partial charge in [-0.25, -0.2) is 4.79 Å². The zero-order chi connectivity index (χ0) is 18.9. The molecular weight excluding hydrogens is 334 g/mol. The van der Waals surface area contributed by atoms with Gasteiger partial charge in [-0.1, -0.05) is 0 Å². The summed E-state index contributed by atoms with van der Waals surface area (Å²) < 4.78 is 15.9. The zero-order valence-corrected chi connectivity index (χ0v) is 15.2. The SMILES string of the molecule is CCOc1ccc(OCC(=O)Nc2ccc(C(=O)OC(C)C)cc2)cc1. The Morgan fingerprint density at radius 2 is 1.50 bits per heavy atom. The number of carbonyl (C=O) groups is 2. The number of ether oxygens (including phenoxy) is 3. The van der Waals surface area contributed by atoms with Gasteiger partial charge in [0.05, 0.1) is 18.3 Å². The molecule has 0 atom stereocenters. The maximum atomic E-state index is 12.0. The van der Waals surface area contributed by atoms with Crippen molar-refractivity contribution in [3.8, 4) is 11.5 Å². The van der Waals surface area contributed by atoms with E-state index in [1.54, 1.807) is 62.4 Å². The molecule has 0 spiro atoms. The number of benzene rings is 2. The second-order valence-corrected chi connectivity index (χ2v) is 5.77. The third-order valence-corrected chi connectivity index (χ3v) is 3.25. The van der Waals surface area contributed by atoms with E-state index in [9.17, 15) is 9.59 Å². The van der Waals surface area contributed by atoms with Crippen molar-refractivity contribution in [2.24, 2.45) is 0 Å². The highest BCUT2D eigenvalue weighted by Gasteiger charge is 2.10. The first-order chi connectivity index (χ1) is 12.5. The van der Waals surface area contributed by atoms with Crippen molar-refractivity contribution in [3.05, 3.63) is 54.1 Å². The summed E-state index contributed by atoms with van der Waals surface area (Å²) in [5.74, 6) is 0.642. The van der Waals surface area contributed by atoms with E-state index in [0.29, 0.717) is 23.6 Å². The Morgan fingerprint density at radius 3 is 2.04 bits per heavy atom. The first-order valence-electron chi connectivity index (χ1n) is 8.44. The molecule has 26 heavy (non-hydrogen) atoms. The van der Waals surface area contributed by atoms with Crippen LogP contribution in [0.25, 0.3) is 0 Å². The molecule has 6 nitrogen and oxygen atoms in total. The normalized spacial score (nSPS) is 10.3. The highest BCUT2D eigenvalue weighted by Crippen LogP contribution is 2.17. The van der Waals surface area contributed by atoms with Crippen LogP contribution >= 0.6 is 0 Å². The lowest BCUT2D eigenvalue weighted by atomic mass is 10.2. The highest BCUT2D eigenvalue weighted by atomic mass is 16.5. The van der Waals surface area contributed by atoms with Crippen molar-refractivity contribution < 1.29 is 23.8 Å². The lowest BCUT2D eigenvalue weighted by Crippen LogP contribution is -2.20. The molecule has 2 aromatic rings. The molecule has 0 heterocycles. The predicted octanol–water partition coefficient (Wildman–Crippen LogP) is 3.67. The molecule has 2 rings (SSSR count). The molecule has 0 aliphatic rings. The number of rotatable bonds is 8. The first-order valence-corrected chi connectivity index (χ1v) is 8.44. The van der Waals surface area contributed by atoms with Crippen LogP contribution in [0.4, 0.5) is 5.69 Å². The van der Waals surface area contributed by atoms with E-state index in [0.717, 1.165) is 5.75 Å². The summed E-state index contributed by atoms with van der Waals surface area (Å²) in [6, 6.07) is 13.6. The van der Waals surface area contributed by atoms with Crippen LogP contribution in [0.15, 0.2) is 48.5 Å². The Morgan fingerprint density at radius 1 is 0.923 bits per heavy atom. The summed E-state index contributed by atoms with van der Waals surface area (Å²) in [6.07, 6.45) is -0.179. The number of hydrogen-bond acceptors (Lipinski definition) is 5. The number of amides is 1. The molecule has 0 bridgehead atoms. The molecule has 6 heteroatoms. The molecule has 2 aromatic carbocycles. The molecule has 1 amide bonds. The Hall–Kier alpha value is -3.02. The molecule has 0 saturated carbocycles. The lowest BCUT2D eigenvalue weighted by molar-refractivity contribution is -0.118. The van der Waals surface area contributed by atoms with Gasteiger partial charge < -0.3 is 19.5 Å². The van der Waals surface area contributed by atoms with E-state index in [1.165, 1.54) is 0 Å². The van der Waals surface area contributed by atoms with E-state index in [1.807, 2.05) is 6.92 Å². The molecule has 0 fully saturated rings. The minimum atomic E-state index is -0.392. The summed E-state index contributed by atoms with van der Waals surface area (Å²) in [7, 11) is 0. The number of esters is 1. The van der Waals surface area contributed by atoms with Gasteiger partial charge in [-0.3, -0.25) is 4.79 Å². The van der Waals surface area contributed by atoms with Crippen LogP contribution in [0.5, 0.6) is 11.5 Å². The Bertz CT molecular complexity index is 723. The van der Waals surface area contributed by atoms with Gasteiger partial charge in [0.25, 0.3) is 5.91 Å². The smallest absolute Gasteiger partial charge is 0.338 e. The standard InChI is InChI=1S/C20H23NO5/c1-4-24-17-9-11-18(12-10-17)25-13-19(22)21-16-7-5-15(6-8-16)20(23)26-14(2)3/h5-12,14H,4,13H2,1-3H3,(H,21,22). The number of anilines is 1. The zero-order valence-electron chi connectivity index (χ0n) is 15.2. The maximum Gasteiger partial charge on any atom is 0.338 e. The molecule has 0 aliphatic carbocycles. The van der Waals surface area contributed by atoms with E-state index >= 15 is 0 Å². The van der Waals surface area contributed by atoms with Gasteiger partial charge in [0.1, 0.15) is 11.5 Å². The van der Waals surface area contributed by atoms with Crippen molar-refractivity contribution in [2.75, 3.05) is 18.5 Å². The minimum absolute atomic E-state index is 0.120. The van der Waals surface area contributed by atoms with Crippen LogP contribution in [0.1, 0.15) is 31.1 Å². The molecule has 0 radical (unpaired) electrons. The van der Waals surface area contributed by atoms with Crippen molar-refractivity contribution in [1.29, 1.82) is 0 Å². The largest absolute Gasteiger partial charge is 0.494 e. The third-order valence-electron chi connectivity index (χ3n) is 3.25. The fourth-order valence-electron chi connectivity index (χ4n) is 2.12. The van der Waals surface area contributed by atoms with Crippen molar-refractivity contribution in [3.63, 3.8) is 0 Å². The fourth-order valence-corrected chi connectivity index (χ4v) is 2.12. The summed E-state index contributed by atoms with van der Waals surface area (Å²) in [5.41, 5.74) is 1.01. The van der Waals surface area contributed by atoms with Gasteiger partial charge in [0, 0.05) is 5.69 Å². The van der Waals surface area contributed by atoms with Gasteiger partial charge in [-0.05, 0) is 69.3 Å². The van der Waals surface area contributed by atoms with E-state index < -0.39 is 5.97 Å². The molecule has 0 aromatic heterocycles. The molecule has 138 valence electrons. The Kier molecular flexibility index (Phi) is 7.02. The van der Waals surface area contributed by atoms with Crippen molar-refractivity contribution in [1.82, 2.24) is 0 Å². The number of nitrogens with one attached hydrogen (secondary N) is 1. The van der Waals surface area contributed by atoms with Gasteiger partial charge >= 0.3 is 5.97 Å². The lowest BCUT2D eigenvalue weighted by Gasteiger charge is -2.10. The number of hydrogen-bond donors (Lipinski definition) is 1. The highest BCUT2D eigenvalue weighted by molar-refractivity contribution is 5.93. The van der Waals surface area contributed by atoms with Gasteiger partial charge in [0.15, 0.2) is 6.61 Å². The van der Waals surface area contributed by atoms with E-state index in [4.69, 9.17) is 14.2 Å². The van der Waals surface area contributed by atoms with Gasteiger partial charge in [-0.15, -0.1) is 0 Å². The van der Waals surface area contributed by atoms with Gasteiger partial charge in [-0.2, -0.15) is 0 Å². The topological polar surface area (TPSA) is 73.9 Å². The quantitative estimate of drug-likeness (QED) is 0.730. The van der Waals surface area contributed by atoms with Crippen LogP contribution in [0, 0.1) is 0 Å². The summed E-state index contributed by atoms with van der Waals surface area (Å²) in [4.78, 5) is 23.7. The average Bonchev–Trinajstić information content (AvgIpc) is 2.61. The second kappa shape index (κ2) is 9.46. The second-order valence-electron chi connectivity index (χ2n) is 5.77. The summed E-state index contributed by atoms with van der Waals surface area (Å²) >= 11 is 0. The molecule has 1 N–H and O–H groups in total. The van der Waals surface area contributed by atoms with E-state index in [-0.39, 0.29) is 18.6 Å². The predicted molar refractivity (Wildman–Crippen MR) is 98.7 cm³/mol. The van der Waals surface area contributed by atoms with Crippen molar-refractivity contribution >= 4 is 17.6 Å². The first kappa shape index (κ1) is 19.3. The fraction of sp³-hybridized carbons (Fsp3) is 0.300. The van der Waals surface area contributed by atoms with Crippen LogP contribution in [0.3, 0.4) is 0 Å². The summed E-state index contributed by atoms with van der Waals surface area (Å²) in [6.45, 7) is 5.96. The monoisotopic (exact) mass is 357 g/mol. The Labute approximate surface area is 153 Å². The Balaban J connectivity index is 1.82. The van der Waals surface area contributed by atoms with Crippen molar-refractivity contribution in [2.45, 2.75) is 26.9 Å². The summed E-state index contributed by atoms with van der Waals surface area (Å²) in [5, 5.41) is 2.71. The third kappa shape index (κ3) is 6.12. The molecular formula is C20H23NO5. The minimum Gasteiger partial charge on any atom is -0.494 e.